The van der Waals surface area contributed by atoms with Crippen molar-refractivity contribution < 1.29 is 9.13 Å². The molecule has 0 saturated carbocycles. The number of nitrogens with two attached hydrogens (primary N) is 1. The number of benzene rings is 1. The van der Waals surface area contributed by atoms with Crippen LogP contribution in [-0.2, 0) is 0 Å². The molecule has 0 aromatic heterocycles. The van der Waals surface area contributed by atoms with Crippen molar-refractivity contribution in [2.24, 2.45) is 5.73 Å². The molecule has 0 heterocycles. The van der Waals surface area contributed by atoms with Crippen molar-refractivity contribution in [2.45, 2.75) is 25.8 Å². The Hall–Kier alpha value is -1.13. The third-order valence-corrected chi connectivity index (χ3v) is 2.63. The van der Waals surface area contributed by atoms with E-state index in [1.807, 2.05) is 20.0 Å². The predicted molar refractivity (Wildman–Crippen MR) is 67.7 cm³/mol. The molecule has 1 rings (SSSR count). The zero-order valence-electron chi connectivity index (χ0n) is 10.5. The molecule has 0 bridgehead atoms. The van der Waals surface area contributed by atoms with Gasteiger partial charge in [0.2, 0.25) is 0 Å². The second-order valence-electron chi connectivity index (χ2n) is 3.98. The fourth-order valence-electron chi connectivity index (χ4n) is 1.69. The highest BCUT2D eigenvalue weighted by Crippen LogP contribution is 2.23. The van der Waals surface area contributed by atoms with E-state index >= 15 is 0 Å². The van der Waals surface area contributed by atoms with Crippen molar-refractivity contribution >= 4 is 0 Å². The molecule has 0 aliphatic carbocycles. The predicted octanol–water partition coefficient (Wildman–Crippen LogP) is 2.22. The molecular weight excluding hydrogens is 219 g/mol. The Labute approximate surface area is 102 Å². The summed E-state index contributed by atoms with van der Waals surface area (Å²) < 4.78 is 18.7. The standard InChI is InChI=1S/C13H21FN2O/c1-3-17-13-7-6-10(9-11(13)14)12(15)5-4-8-16-2/h6-7,9,12,16H,3-5,8,15H2,1-2H3. The molecule has 4 heteroatoms. The molecule has 1 aromatic carbocycles. The highest BCUT2D eigenvalue weighted by Gasteiger charge is 2.09. The van der Waals surface area contributed by atoms with Gasteiger partial charge < -0.3 is 15.8 Å². The maximum atomic E-state index is 13.6. The third-order valence-electron chi connectivity index (χ3n) is 2.63. The zero-order valence-corrected chi connectivity index (χ0v) is 10.5. The number of hydrogen-bond acceptors (Lipinski definition) is 3. The van der Waals surface area contributed by atoms with Crippen LogP contribution in [-0.4, -0.2) is 20.2 Å². The quantitative estimate of drug-likeness (QED) is 0.718. The van der Waals surface area contributed by atoms with Crippen LogP contribution < -0.4 is 15.8 Å². The minimum Gasteiger partial charge on any atom is -0.491 e. The van der Waals surface area contributed by atoms with Gasteiger partial charge in [0, 0.05) is 6.04 Å². The van der Waals surface area contributed by atoms with Crippen LogP contribution >= 0.6 is 0 Å². The Bertz CT molecular complexity index is 344. The van der Waals surface area contributed by atoms with Crippen molar-refractivity contribution in [2.75, 3.05) is 20.2 Å². The molecule has 1 unspecified atom stereocenters. The maximum Gasteiger partial charge on any atom is 0.165 e. The average molecular weight is 240 g/mol. The van der Waals surface area contributed by atoms with Crippen LogP contribution in [0.25, 0.3) is 0 Å². The minimum absolute atomic E-state index is 0.117. The van der Waals surface area contributed by atoms with E-state index in [4.69, 9.17) is 10.5 Å². The Morgan fingerprint density at radius 3 is 2.82 bits per heavy atom. The number of rotatable bonds is 7. The Morgan fingerprint density at radius 2 is 2.24 bits per heavy atom. The fourth-order valence-corrected chi connectivity index (χ4v) is 1.69. The lowest BCUT2D eigenvalue weighted by atomic mass is 10.0. The number of hydrogen-bond donors (Lipinski definition) is 2. The molecule has 3 nitrogen and oxygen atoms in total. The molecule has 1 atom stereocenters. The molecule has 0 spiro atoms. The van der Waals surface area contributed by atoms with E-state index in [1.54, 1.807) is 6.07 Å². The van der Waals surface area contributed by atoms with Crippen LogP contribution in [0.5, 0.6) is 5.75 Å². The van der Waals surface area contributed by atoms with Gasteiger partial charge in [-0.2, -0.15) is 0 Å². The van der Waals surface area contributed by atoms with Gasteiger partial charge in [-0.15, -0.1) is 0 Å². The van der Waals surface area contributed by atoms with Gasteiger partial charge in [0.25, 0.3) is 0 Å². The van der Waals surface area contributed by atoms with Crippen molar-refractivity contribution in [1.29, 1.82) is 0 Å². The first-order valence-electron chi connectivity index (χ1n) is 6.01. The molecule has 96 valence electrons. The molecule has 17 heavy (non-hydrogen) atoms. The van der Waals surface area contributed by atoms with Crippen LogP contribution in [0.2, 0.25) is 0 Å². The van der Waals surface area contributed by atoms with E-state index < -0.39 is 0 Å². The van der Waals surface area contributed by atoms with Crippen molar-refractivity contribution in [1.82, 2.24) is 5.32 Å². The molecule has 0 fully saturated rings. The molecule has 0 aliphatic heterocycles. The molecule has 0 saturated heterocycles. The lowest BCUT2D eigenvalue weighted by Crippen LogP contribution is -2.14. The third kappa shape index (κ3) is 4.32. The van der Waals surface area contributed by atoms with E-state index in [2.05, 4.69) is 5.32 Å². The summed E-state index contributed by atoms with van der Waals surface area (Å²) >= 11 is 0. The molecular formula is C13H21FN2O. The van der Waals surface area contributed by atoms with Gasteiger partial charge in [-0.05, 0) is 51.1 Å². The fraction of sp³-hybridized carbons (Fsp3) is 0.538. The smallest absolute Gasteiger partial charge is 0.165 e. The Balaban J connectivity index is 2.62. The molecule has 3 N–H and O–H groups in total. The lowest BCUT2D eigenvalue weighted by molar-refractivity contribution is 0.321. The van der Waals surface area contributed by atoms with Crippen LogP contribution in [0.3, 0.4) is 0 Å². The van der Waals surface area contributed by atoms with Gasteiger partial charge in [-0.1, -0.05) is 6.07 Å². The van der Waals surface area contributed by atoms with E-state index in [1.165, 1.54) is 6.07 Å². The second-order valence-corrected chi connectivity index (χ2v) is 3.98. The first kappa shape index (κ1) is 13.9. The summed E-state index contributed by atoms with van der Waals surface area (Å²) in [5.41, 5.74) is 6.81. The SMILES string of the molecule is CCOc1ccc(C(N)CCCNC)cc1F. The summed E-state index contributed by atoms with van der Waals surface area (Å²) in [6.07, 6.45) is 1.82. The second kappa shape index (κ2) is 7.25. The largest absolute Gasteiger partial charge is 0.491 e. The van der Waals surface area contributed by atoms with Gasteiger partial charge in [-0.3, -0.25) is 0 Å². The average Bonchev–Trinajstić information content (AvgIpc) is 2.32. The van der Waals surface area contributed by atoms with Crippen molar-refractivity contribution in [3.8, 4) is 5.75 Å². The van der Waals surface area contributed by atoms with Crippen molar-refractivity contribution in [3.63, 3.8) is 0 Å². The summed E-state index contributed by atoms with van der Waals surface area (Å²) in [5, 5.41) is 3.06. The monoisotopic (exact) mass is 240 g/mol. The first-order chi connectivity index (χ1) is 8.19. The Kier molecular flexibility index (Phi) is 5.94. The van der Waals surface area contributed by atoms with Gasteiger partial charge in [0.1, 0.15) is 0 Å². The van der Waals surface area contributed by atoms with E-state index in [9.17, 15) is 4.39 Å². The van der Waals surface area contributed by atoms with Crippen LogP contribution in [0, 0.1) is 5.82 Å². The van der Waals surface area contributed by atoms with Crippen LogP contribution in [0.15, 0.2) is 18.2 Å². The summed E-state index contributed by atoms with van der Waals surface area (Å²) in [5.74, 6) is -0.0490. The highest BCUT2D eigenvalue weighted by atomic mass is 19.1. The van der Waals surface area contributed by atoms with Gasteiger partial charge in [-0.25, -0.2) is 4.39 Å². The summed E-state index contributed by atoms with van der Waals surface area (Å²) in [7, 11) is 1.90. The zero-order chi connectivity index (χ0) is 12.7. The highest BCUT2D eigenvalue weighted by molar-refractivity contribution is 5.30. The molecule has 0 amide bonds. The Morgan fingerprint density at radius 1 is 1.47 bits per heavy atom. The maximum absolute atomic E-state index is 13.6. The molecule has 1 aromatic rings. The summed E-state index contributed by atoms with van der Waals surface area (Å²) in [4.78, 5) is 0. The lowest BCUT2D eigenvalue weighted by Gasteiger charge is -2.13. The number of halogens is 1. The molecule has 0 aliphatic rings. The summed E-state index contributed by atoms with van der Waals surface area (Å²) in [6, 6.07) is 4.83. The normalized spacial score (nSPS) is 12.5. The van der Waals surface area contributed by atoms with Crippen LogP contribution in [0.4, 0.5) is 4.39 Å². The topological polar surface area (TPSA) is 47.3 Å². The number of ether oxygens (including phenoxy) is 1. The van der Waals surface area contributed by atoms with Crippen molar-refractivity contribution in [3.05, 3.63) is 29.6 Å². The first-order valence-corrected chi connectivity index (χ1v) is 6.01. The van der Waals surface area contributed by atoms with Gasteiger partial charge >= 0.3 is 0 Å². The summed E-state index contributed by atoms with van der Waals surface area (Å²) in [6.45, 7) is 3.22. The molecule has 0 radical (unpaired) electrons. The van der Waals surface area contributed by atoms with Gasteiger partial charge in [0.05, 0.1) is 6.61 Å². The van der Waals surface area contributed by atoms with E-state index in [0.29, 0.717) is 12.4 Å². The van der Waals surface area contributed by atoms with E-state index in [0.717, 1.165) is 24.9 Å². The van der Waals surface area contributed by atoms with Crippen LogP contribution in [0.1, 0.15) is 31.4 Å². The van der Waals surface area contributed by atoms with Gasteiger partial charge in [0.15, 0.2) is 11.6 Å². The van der Waals surface area contributed by atoms with E-state index in [-0.39, 0.29) is 11.9 Å². The minimum atomic E-state index is -0.339. The number of nitrogens with one attached hydrogen (secondary N) is 1.